The third kappa shape index (κ3) is 8.92. The molecule has 0 amide bonds. The van der Waals surface area contributed by atoms with Gasteiger partial charge in [0.1, 0.15) is 35.6 Å². The van der Waals surface area contributed by atoms with E-state index < -0.39 is 11.6 Å². The maximum Gasteiger partial charge on any atom is 0.137 e. The van der Waals surface area contributed by atoms with Gasteiger partial charge in [-0.05, 0) is 152 Å². The predicted octanol–water partition coefficient (Wildman–Crippen LogP) is 18.8. The van der Waals surface area contributed by atoms with Crippen LogP contribution in [-0.2, 0) is 10.8 Å². The molecule has 1 aliphatic rings. The Labute approximate surface area is 424 Å². The van der Waals surface area contributed by atoms with Crippen molar-refractivity contribution in [1.29, 1.82) is 0 Å². The smallest absolute Gasteiger partial charge is 0.137 e. The molecule has 0 aliphatic carbocycles. The Morgan fingerprint density at radius 1 is 0.542 bits per heavy atom. The van der Waals surface area contributed by atoms with Gasteiger partial charge in [-0.2, -0.15) is 0 Å². The number of anilines is 4. The van der Waals surface area contributed by atoms with Gasteiger partial charge < -0.3 is 14.5 Å². The van der Waals surface area contributed by atoms with Gasteiger partial charge in [-0.15, -0.1) is 0 Å². The molecule has 0 saturated heterocycles. The molecule has 0 spiro atoms. The fourth-order valence-corrected chi connectivity index (χ4v) is 10.5. The van der Waals surface area contributed by atoms with E-state index in [1.807, 2.05) is 24.4 Å². The van der Waals surface area contributed by atoms with Crippen LogP contribution in [0.4, 0.5) is 31.5 Å². The van der Waals surface area contributed by atoms with Crippen LogP contribution < -0.4 is 14.5 Å². The highest BCUT2D eigenvalue weighted by Gasteiger charge is 2.34. The second-order valence-corrected chi connectivity index (χ2v) is 22.6. The van der Waals surface area contributed by atoms with Gasteiger partial charge in [0.2, 0.25) is 0 Å². The van der Waals surface area contributed by atoms with Crippen molar-refractivity contribution in [3.05, 3.63) is 191 Å². The molecule has 0 saturated carbocycles. The standard InChI is InChI=1S/C65H66F2N4O/c1-39(2)42-20-27-59-61(33-42)70(63-54(40(3)4)31-44(32-55(63)41(5)6)51-25-22-46(66)35-57(51)67)38-69(59)47-29-43(50-24-21-45(64(7,8)9)34-56(50)65(10,11)12)30-49(36-47)72-48-23-26-53-52-17-13-14-18-58(52)71(60(53)37-48)62-19-15-16-28-68-62/h13-37,39-41H,38H2,1-12H3. The number of benzene rings is 7. The summed E-state index contributed by atoms with van der Waals surface area (Å²) >= 11 is 0. The number of aromatic nitrogens is 2. The van der Waals surface area contributed by atoms with Crippen molar-refractivity contribution in [3.63, 3.8) is 0 Å². The molecular formula is C65H66F2N4O. The largest absolute Gasteiger partial charge is 0.457 e. The van der Waals surface area contributed by atoms with Crippen molar-refractivity contribution in [2.24, 2.45) is 0 Å². The van der Waals surface area contributed by atoms with Gasteiger partial charge in [-0.3, -0.25) is 4.57 Å². The molecule has 5 nitrogen and oxygen atoms in total. The predicted molar refractivity (Wildman–Crippen MR) is 298 cm³/mol. The molecule has 366 valence electrons. The van der Waals surface area contributed by atoms with E-state index in [4.69, 9.17) is 9.72 Å². The quantitative estimate of drug-likeness (QED) is 0.137. The first-order valence-electron chi connectivity index (χ1n) is 25.5. The second-order valence-electron chi connectivity index (χ2n) is 22.6. The summed E-state index contributed by atoms with van der Waals surface area (Å²) in [5, 5.41) is 2.28. The lowest BCUT2D eigenvalue weighted by Gasteiger charge is -2.30. The molecule has 0 atom stereocenters. The number of nitrogens with zero attached hydrogens (tertiary/aromatic N) is 4. The van der Waals surface area contributed by atoms with Crippen LogP contribution in [0, 0.1) is 11.6 Å². The molecule has 0 radical (unpaired) electrons. The first-order valence-corrected chi connectivity index (χ1v) is 25.5. The minimum atomic E-state index is -0.588. The maximum atomic E-state index is 15.6. The summed E-state index contributed by atoms with van der Waals surface area (Å²) in [5.74, 6) is 1.61. The first-order chi connectivity index (χ1) is 34.2. The molecule has 1 aliphatic heterocycles. The van der Waals surface area contributed by atoms with Crippen LogP contribution in [0.2, 0.25) is 0 Å². The van der Waals surface area contributed by atoms with E-state index in [1.54, 1.807) is 6.07 Å². The van der Waals surface area contributed by atoms with Gasteiger partial charge in [0.15, 0.2) is 0 Å². The fraction of sp³-hybridized carbons (Fsp3) is 0.277. The molecular weight excluding hydrogens is 891 g/mol. The molecule has 7 aromatic carbocycles. The van der Waals surface area contributed by atoms with Gasteiger partial charge in [-0.1, -0.05) is 132 Å². The lowest BCUT2D eigenvalue weighted by Crippen LogP contribution is -2.26. The van der Waals surface area contributed by atoms with Crippen molar-refractivity contribution in [2.45, 2.75) is 112 Å². The van der Waals surface area contributed by atoms with Gasteiger partial charge in [-0.25, -0.2) is 13.8 Å². The van der Waals surface area contributed by atoms with E-state index in [0.29, 0.717) is 18.2 Å². The Kier molecular flexibility index (Phi) is 12.4. The summed E-state index contributed by atoms with van der Waals surface area (Å²) < 4.78 is 39.2. The van der Waals surface area contributed by atoms with E-state index in [0.717, 1.165) is 95.8 Å². The Morgan fingerprint density at radius 2 is 1.24 bits per heavy atom. The van der Waals surface area contributed by atoms with E-state index in [2.05, 4.69) is 207 Å². The number of halogens is 2. The lowest BCUT2D eigenvalue weighted by atomic mass is 9.77. The van der Waals surface area contributed by atoms with Crippen molar-refractivity contribution in [3.8, 4) is 39.6 Å². The maximum absolute atomic E-state index is 15.6. The van der Waals surface area contributed by atoms with Gasteiger partial charge in [0.05, 0.1) is 22.4 Å². The molecule has 72 heavy (non-hydrogen) atoms. The molecule has 7 heteroatoms. The Balaban J connectivity index is 1.17. The molecule has 0 N–H and O–H groups in total. The summed E-state index contributed by atoms with van der Waals surface area (Å²) in [6.07, 6.45) is 1.84. The van der Waals surface area contributed by atoms with E-state index in [-0.39, 0.29) is 22.7 Å². The molecule has 9 aromatic rings. The monoisotopic (exact) mass is 957 g/mol. The van der Waals surface area contributed by atoms with Crippen molar-refractivity contribution in [1.82, 2.24) is 9.55 Å². The van der Waals surface area contributed by atoms with E-state index in [1.165, 1.54) is 22.8 Å². The Hall–Kier alpha value is -7.25. The van der Waals surface area contributed by atoms with Crippen molar-refractivity contribution in [2.75, 3.05) is 16.5 Å². The van der Waals surface area contributed by atoms with Crippen LogP contribution >= 0.6 is 0 Å². The minimum Gasteiger partial charge on any atom is -0.457 e. The van der Waals surface area contributed by atoms with E-state index >= 15 is 4.39 Å². The third-order valence-electron chi connectivity index (χ3n) is 14.4. The van der Waals surface area contributed by atoms with Crippen LogP contribution in [-0.4, -0.2) is 16.2 Å². The highest BCUT2D eigenvalue weighted by atomic mass is 19.1. The number of para-hydroxylation sites is 1. The summed E-state index contributed by atoms with van der Waals surface area (Å²) in [5.41, 5.74) is 15.6. The highest BCUT2D eigenvalue weighted by Crippen LogP contribution is 2.52. The van der Waals surface area contributed by atoms with Crippen LogP contribution in [0.3, 0.4) is 0 Å². The SMILES string of the molecule is CC(C)c1ccc2c(c1)N(c1c(C(C)C)cc(-c3ccc(F)cc3F)cc1C(C)C)CN2c1cc(Oc2ccc3c4ccccc4n(-c4ccccn4)c3c2)cc(-c2ccc(C(C)(C)C)cc2C(C)(C)C)c1. The number of hydrogen-bond donors (Lipinski definition) is 0. The number of ether oxygens (including phenoxy) is 1. The number of pyridine rings is 1. The van der Waals surface area contributed by atoms with E-state index in [9.17, 15) is 4.39 Å². The summed E-state index contributed by atoms with van der Waals surface area (Å²) in [4.78, 5) is 9.67. The van der Waals surface area contributed by atoms with Crippen LogP contribution in [0.1, 0.15) is 129 Å². The van der Waals surface area contributed by atoms with Gasteiger partial charge in [0.25, 0.3) is 0 Å². The average molecular weight is 957 g/mol. The second kappa shape index (κ2) is 18.4. The molecule has 0 unspecified atom stereocenters. The third-order valence-corrected chi connectivity index (χ3v) is 14.4. The summed E-state index contributed by atoms with van der Waals surface area (Å²) in [7, 11) is 0. The lowest BCUT2D eigenvalue weighted by molar-refractivity contribution is 0.483. The molecule has 0 fully saturated rings. The molecule has 10 rings (SSSR count). The Morgan fingerprint density at radius 3 is 1.90 bits per heavy atom. The zero-order valence-corrected chi connectivity index (χ0v) is 43.8. The summed E-state index contributed by atoms with van der Waals surface area (Å²) in [6, 6.07) is 49.5. The molecule has 0 bridgehead atoms. The fourth-order valence-electron chi connectivity index (χ4n) is 10.5. The van der Waals surface area contributed by atoms with Crippen molar-refractivity contribution < 1.29 is 13.5 Å². The van der Waals surface area contributed by atoms with Crippen molar-refractivity contribution >= 4 is 44.6 Å². The highest BCUT2D eigenvalue weighted by molar-refractivity contribution is 6.09. The zero-order valence-electron chi connectivity index (χ0n) is 43.8. The number of hydrogen-bond acceptors (Lipinski definition) is 4. The van der Waals surface area contributed by atoms with Crippen LogP contribution in [0.15, 0.2) is 152 Å². The number of rotatable bonds is 10. The van der Waals surface area contributed by atoms with Crippen LogP contribution in [0.25, 0.3) is 49.9 Å². The first kappa shape index (κ1) is 48.4. The molecule has 2 aromatic heterocycles. The Bertz CT molecular complexity index is 3490. The minimum absolute atomic E-state index is 0.0301. The van der Waals surface area contributed by atoms with Gasteiger partial charge >= 0.3 is 0 Å². The van der Waals surface area contributed by atoms with Crippen LogP contribution in [0.5, 0.6) is 11.5 Å². The normalized spacial score (nSPS) is 13.1. The average Bonchev–Trinajstić information content (AvgIpc) is 3.88. The number of fused-ring (bicyclic) bond motifs is 4. The zero-order chi connectivity index (χ0) is 51.0. The topological polar surface area (TPSA) is 33.5 Å². The molecule has 3 heterocycles. The van der Waals surface area contributed by atoms with Gasteiger partial charge in [0, 0.05) is 52.1 Å². The summed E-state index contributed by atoms with van der Waals surface area (Å²) in [6.45, 7) is 27.5.